The normalized spacial score (nSPS) is 20.2. The summed E-state index contributed by atoms with van der Waals surface area (Å²) in [5.41, 5.74) is 6.29. The summed E-state index contributed by atoms with van der Waals surface area (Å²) < 4.78 is 5.57. The lowest BCUT2D eigenvalue weighted by atomic mass is 9.73. The first-order valence-electron chi connectivity index (χ1n) is 8.00. The van der Waals surface area contributed by atoms with Crippen molar-refractivity contribution in [1.29, 1.82) is 0 Å². The lowest BCUT2D eigenvalue weighted by Gasteiger charge is -2.32. The highest BCUT2D eigenvalue weighted by atomic mass is 16.5. The minimum atomic E-state index is -0.140. The van der Waals surface area contributed by atoms with Gasteiger partial charge in [-0.15, -0.1) is 0 Å². The van der Waals surface area contributed by atoms with Gasteiger partial charge in [0.2, 0.25) is 5.89 Å². The van der Waals surface area contributed by atoms with Gasteiger partial charge in [-0.25, -0.2) is 0 Å². The number of hydrogen-bond acceptors (Lipinski definition) is 4. The molecule has 114 valence electrons. The summed E-state index contributed by atoms with van der Waals surface area (Å²) in [4.78, 5) is 4.71. The Bertz CT molecular complexity index is 416. The van der Waals surface area contributed by atoms with Gasteiger partial charge in [-0.1, -0.05) is 32.9 Å². The average Bonchev–Trinajstić information content (AvgIpc) is 2.92. The second kappa shape index (κ2) is 5.84. The summed E-state index contributed by atoms with van der Waals surface area (Å²) >= 11 is 0. The molecule has 0 amide bonds. The van der Waals surface area contributed by atoms with Gasteiger partial charge in [-0.05, 0) is 43.9 Å². The van der Waals surface area contributed by atoms with Gasteiger partial charge in [0.05, 0.1) is 5.41 Å². The second-order valence-corrected chi connectivity index (χ2v) is 7.09. The number of nitrogens with zero attached hydrogens (tertiary/aromatic N) is 2. The van der Waals surface area contributed by atoms with E-state index in [2.05, 4.69) is 32.9 Å². The molecule has 1 fully saturated rings. The van der Waals surface area contributed by atoms with Crippen LogP contribution in [0.4, 0.5) is 0 Å². The molecule has 0 unspecified atom stereocenters. The third-order valence-electron chi connectivity index (χ3n) is 5.34. The van der Waals surface area contributed by atoms with Crippen LogP contribution in [0, 0.1) is 5.41 Å². The Balaban J connectivity index is 2.13. The van der Waals surface area contributed by atoms with Crippen LogP contribution in [0.3, 0.4) is 0 Å². The van der Waals surface area contributed by atoms with E-state index in [1.807, 2.05) is 0 Å². The summed E-state index contributed by atoms with van der Waals surface area (Å²) in [5.74, 6) is 2.10. The van der Waals surface area contributed by atoms with Crippen LogP contribution >= 0.6 is 0 Å². The van der Waals surface area contributed by atoms with Crippen LogP contribution < -0.4 is 5.73 Å². The van der Waals surface area contributed by atoms with Crippen LogP contribution in [0.1, 0.15) is 83.9 Å². The first-order valence-corrected chi connectivity index (χ1v) is 8.00. The van der Waals surface area contributed by atoms with E-state index in [1.165, 1.54) is 25.7 Å². The SMILES string of the molecule is CCC(CC)(CN)c1nc(C2CCC(C)(C)CC2)no1. The molecule has 1 aromatic heterocycles. The smallest absolute Gasteiger partial charge is 0.234 e. The minimum Gasteiger partial charge on any atom is -0.339 e. The topological polar surface area (TPSA) is 64.9 Å². The summed E-state index contributed by atoms with van der Waals surface area (Å²) in [6, 6.07) is 0. The molecule has 2 N–H and O–H groups in total. The number of aromatic nitrogens is 2. The Morgan fingerprint density at radius 1 is 1.25 bits per heavy atom. The van der Waals surface area contributed by atoms with Gasteiger partial charge in [-0.2, -0.15) is 4.98 Å². The number of hydrogen-bond donors (Lipinski definition) is 1. The molecule has 1 aromatic rings. The van der Waals surface area contributed by atoms with Crippen LogP contribution in [0.5, 0.6) is 0 Å². The van der Waals surface area contributed by atoms with E-state index < -0.39 is 0 Å². The predicted molar refractivity (Wildman–Crippen MR) is 80.6 cm³/mol. The van der Waals surface area contributed by atoms with E-state index in [9.17, 15) is 0 Å². The van der Waals surface area contributed by atoms with Crippen molar-refractivity contribution in [2.45, 2.75) is 77.6 Å². The van der Waals surface area contributed by atoms with Gasteiger partial charge in [0.1, 0.15) is 0 Å². The first kappa shape index (κ1) is 15.5. The zero-order valence-electron chi connectivity index (χ0n) is 13.4. The predicted octanol–water partition coefficient (Wildman–Crippen LogP) is 3.77. The zero-order chi connectivity index (χ0) is 14.8. The van der Waals surface area contributed by atoms with Gasteiger partial charge in [0, 0.05) is 12.5 Å². The summed E-state index contributed by atoms with van der Waals surface area (Å²) in [5, 5.41) is 4.26. The molecule has 1 saturated carbocycles. The molecule has 0 bridgehead atoms. The molecule has 20 heavy (non-hydrogen) atoms. The molecule has 0 atom stereocenters. The van der Waals surface area contributed by atoms with E-state index in [0.29, 0.717) is 17.9 Å². The fraction of sp³-hybridized carbons (Fsp3) is 0.875. The quantitative estimate of drug-likeness (QED) is 0.891. The van der Waals surface area contributed by atoms with E-state index in [1.54, 1.807) is 0 Å². The highest BCUT2D eigenvalue weighted by Gasteiger charge is 2.35. The fourth-order valence-electron chi connectivity index (χ4n) is 3.20. The minimum absolute atomic E-state index is 0.140. The summed E-state index contributed by atoms with van der Waals surface area (Å²) in [6.45, 7) is 9.54. The van der Waals surface area contributed by atoms with Crippen molar-refractivity contribution in [2.75, 3.05) is 6.54 Å². The van der Waals surface area contributed by atoms with Crippen LogP contribution in [0.2, 0.25) is 0 Å². The van der Waals surface area contributed by atoms with Crippen molar-refractivity contribution in [3.8, 4) is 0 Å². The highest BCUT2D eigenvalue weighted by molar-refractivity contribution is 5.08. The Kier molecular flexibility index (Phi) is 4.52. The Hall–Kier alpha value is -0.900. The van der Waals surface area contributed by atoms with Crippen LogP contribution in [0.25, 0.3) is 0 Å². The van der Waals surface area contributed by atoms with Gasteiger partial charge in [0.15, 0.2) is 5.82 Å². The van der Waals surface area contributed by atoms with Crippen LogP contribution in [-0.2, 0) is 5.41 Å². The van der Waals surface area contributed by atoms with Gasteiger partial charge < -0.3 is 10.3 Å². The van der Waals surface area contributed by atoms with E-state index in [-0.39, 0.29) is 5.41 Å². The molecular weight excluding hydrogens is 250 g/mol. The monoisotopic (exact) mass is 279 g/mol. The molecule has 0 saturated heterocycles. The maximum absolute atomic E-state index is 5.96. The molecule has 0 spiro atoms. The van der Waals surface area contributed by atoms with Gasteiger partial charge >= 0.3 is 0 Å². The fourth-order valence-corrected chi connectivity index (χ4v) is 3.20. The van der Waals surface area contributed by atoms with E-state index in [0.717, 1.165) is 24.6 Å². The maximum atomic E-state index is 5.96. The number of rotatable bonds is 5. The van der Waals surface area contributed by atoms with E-state index in [4.69, 9.17) is 15.2 Å². The number of nitrogens with two attached hydrogens (primary N) is 1. The third-order valence-corrected chi connectivity index (χ3v) is 5.34. The maximum Gasteiger partial charge on any atom is 0.234 e. The molecule has 0 radical (unpaired) electrons. The van der Waals surface area contributed by atoms with Crippen molar-refractivity contribution in [2.24, 2.45) is 11.1 Å². The lowest BCUT2D eigenvalue weighted by Crippen LogP contribution is -2.34. The van der Waals surface area contributed by atoms with Crippen LogP contribution in [-0.4, -0.2) is 16.7 Å². The van der Waals surface area contributed by atoms with E-state index >= 15 is 0 Å². The standard InChI is InChI=1S/C16H29N3O/c1-5-16(6-2,11-17)14-18-13(19-20-14)12-7-9-15(3,4)10-8-12/h12H,5-11,17H2,1-4H3. The van der Waals surface area contributed by atoms with Crippen molar-refractivity contribution in [3.63, 3.8) is 0 Å². The zero-order valence-corrected chi connectivity index (χ0v) is 13.4. The molecule has 4 nitrogen and oxygen atoms in total. The Labute approximate surface area is 122 Å². The van der Waals surface area contributed by atoms with Crippen molar-refractivity contribution in [1.82, 2.24) is 10.1 Å². The largest absolute Gasteiger partial charge is 0.339 e. The third kappa shape index (κ3) is 2.90. The lowest BCUT2D eigenvalue weighted by molar-refractivity contribution is 0.217. The second-order valence-electron chi connectivity index (χ2n) is 7.09. The van der Waals surface area contributed by atoms with Gasteiger partial charge in [-0.3, -0.25) is 0 Å². The first-order chi connectivity index (χ1) is 9.46. The molecule has 0 aliphatic heterocycles. The van der Waals surface area contributed by atoms with Crippen molar-refractivity contribution < 1.29 is 4.52 Å². The van der Waals surface area contributed by atoms with Crippen molar-refractivity contribution >= 4 is 0 Å². The molecule has 1 heterocycles. The molecule has 1 aliphatic rings. The van der Waals surface area contributed by atoms with Crippen LogP contribution in [0.15, 0.2) is 4.52 Å². The molecule has 0 aromatic carbocycles. The summed E-state index contributed by atoms with van der Waals surface area (Å²) in [7, 11) is 0. The Morgan fingerprint density at radius 3 is 2.35 bits per heavy atom. The summed E-state index contributed by atoms with van der Waals surface area (Å²) in [6.07, 6.45) is 6.70. The Morgan fingerprint density at radius 2 is 1.85 bits per heavy atom. The van der Waals surface area contributed by atoms with Gasteiger partial charge in [0.25, 0.3) is 0 Å². The molecule has 2 rings (SSSR count). The van der Waals surface area contributed by atoms with Crippen molar-refractivity contribution in [3.05, 3.63) is 11.7 Å². The molecule has 1 aliphatic carbocycles. The highest BCUT2D eigenvalue weighted by Crippen LogP contribution is 2.42. The molecule has 4 heteroatoms. The molecular formula is C16H29N3O. The average molecular weight is 279 g/mol.